The molecule has 0 atom stereocenters. The molecule has 2 aromatic carbocycles. The Morgan fingerprint density at radius 3 is 2.05 bits per heavy atom. The van der Waals surface area contributed by atoms with E-state index in [2.05, 4.69) is 4.72 Å². The van der Waals surface area contributed by atoms with Crippen LogP contribution in [0.1, 0.15) is 11.1 Å². The van der Waals surface area contributed by atoms with Crippen LogP contribution in [0.3, 0.4) is 0 Å². The van der Waals surface area contributed by atoms with E-state index in [4.69, 9.17) is 0 Å². The monoisotopic (exact) mass is 291 g/mol. The summed E-state index contributed by atoms with van der Waals surface area (Å²) in [5.41, 5.74) is 2.36. The molecule has 3 nitrogen and oxygen atoms in total. The van der Waals surface area contributed by atoms with E-state index in [0.29, 0.717) is 12.8 Å². The third-order valence-electron chi connectivity index (χ3n) is 3.50. The van der Waals surface area contributed by atoms with Gasteiger partial charge in [-0.25, -0.2) is 17.5 Å². The van der Waals surface area contributed by atoms with Crippen molar-refractivity contribution in [3.8, 4) is 0 Å². The Morgan fingerprint density at radius 1 is 0.950 bits per heavy atom. The van der Waals surface area contributed by atoms with Crippen LogP contribution in [-0.4, -0.2) is 14.5 Å². The summed E-state index contributed by atoms with van der Waals surface area (Å²) in [6.45, 7) is 0. The number of benzene rings is 2. The maximum Gasteiger partial charge on any atom is 0.240 e. The zero-order valence-corrected chi connectivity index (χ0v) is 11.5. The second kappa shape index (κ2) is 5.00. The quantitative estimate of drug-likeness (QED) is 0.943. The lowest BCUT2D eigenvalue weighted by atomic mass is 10.1. The average molecular weight is 291 g/mol. The van der Waals surface area contributed by atoms with E-state index in [1.54, 1.807) is 0 Å². The average Bonchev–Trinajstić information content (AvgIpc) is 2.80. The normalized spacial score (nSPS) is 15.2. The molecule has 1 N–H and O–H groups in total. The number of rotatable bonds is 3. The number of nitrogens with one attached hydrogen (secondary N) is 1. The van der Waals surface area contributed by atoms with Crippen molar-refractivity contribution in [2.75, 3.05) is 0 Å². The number of fused-ring (bicyclic) bond motifs is 1. The summed E-state index contributed by atoms with van der Waals surface area (Å²) in [4.78, 5) is 0.0925. The molecule has 0 saturated heterocycles. The Balaban J connectivity index is 1.77. The van der Waals surface area contributed by atoms with Crippen molar-refractivity contribution in [3.63, 3.8) is 0 Å². The van der Waals surface area contributed by atoms with Crippen molar-refractivity contribution in [2.45, 2.75) is 23.8 Å². The maximum atomic E-state index is 12.8. The van der Waals surface area contributed by atoms with Crippen LogP contribution >= 0.6 is 0 Å². The molecule has 0 fully saturated rings. The Bertz CT molecular complexity index is 701. The molecule has 20 heavy (non-hydrogen) atoms. The molecule has 0 spiro atoms. The third kappa shape index (κ3) is 2.59. The van der Waals surface area contributed by atoms with Crippen molar-refractivity contribution in [1.82, 2.24) is 4.72 Å². The largest absolute Gasteiger partial charge is 0.240 e. The molecule has 1 aliphatic carbocycles. The van der Waals surface area contributed by atoms with Gasteiger partial charge in [0.2, 0.25) is 10.0 Å². The molecule has 0 aromatic heterocycles. The van der Waals surface area contributed by atoms with Gasteiger partial charge >= 0.3 is 0 Å². The van der Waals surface area contributed by atoms with Gasteiger partial charge in [-0.05, 0) is 48.2 Å². The van der Waals surface area contributed by atoms with Crippen LogP contribution in [0.5, 0.6) is 0 Å². The molecule has 0 heterocycles. The van der Waals surface area contributed by atoms with Crippen LogP contribution in [-0.2, 0) is 22.9 Å². The van der Waals surface area contributed by atoms with E-state index < -0.39 is 15.8 Å². The summed E-state index contributed by atoms with van der Waals surface area (Å²) in [5.74, 6) is -0.447. The van der Waals surface area contributed by atoms with E-state index in [1.165, 1.54) is 23.3 Å². The SMILES string of the molecule is O=S(=O)(NC1Cc2ccccc2C1)c1ccc(F)cc1. The van der Waals surface area contributed by atoms with Gasteiger partial charge in [0, 0.05) is 6.04 Å². The molecule has 5 heteroatoms. The van der Waals surface area contributed by atoms with Crippen molar-refractivity contribution < 1.29 is 12.8 Å². The van der Waals surface area contributed by atoms with Crippen molar-refractivity contribution >= 4 is 10.0 Å². The van der Waals surface area contributed by atoms with Crippen LogP contribution in [0.4, 0.5) is 4.39 Å². The van der Waals surface area contributed by atoms with Gasteiger partial charge in [-0.15, -0.1) is 0 Å². The minimum Gasteiger partial charge on any atom is -0.207 e. The minimum atomic E-state index is -3.59. The van der Waals surface area contributed by atoms with Crippen LogP contribution in [0.15, 0.2) is 53.4 Å². The van der Waals surface area contributed by atoms with Crippen molar-refractivity contribution in [3.05, 3.63) is 65.5 Å². The molecule has 1 aliphatic rings. The Labute approximate surface area is 117 Å². The van der Waals surface area contributed by atoms with Gasteiger partial charge in [0.25, 0.3) is 0 Å². The van der Waals surface area contributed by atoms with Gasteiger partial charge in [0.1, 0.15) is 5.82 Å². The smallest absolute Gasteiger partial charge is 0.207 e. The van der Waals surface area contributed by atoms with Crippen LogP contribution < -0.4 is 4.72 Å². The predicted octanol–water partition coefficient (Wildman–Crippen LogP) is 2.27. The zero-order valence-electron chi connectivity index (χ0n) is 10.7. The summed E-state index contributed by atoms with van der Waals surface area (Å²) in [7, 11) is -3.59. The highest BCUT2D eigenvalue weighted by Gasteiger charge is 2.26. The molecular formula is C15H14FNO2S. The number of halogens is 1. The Morgan fingerprint density at radius 2 is 1.50 bits per heavy atom. The van der Waals surface area contributed by atoms with Gasteiger partial charge in [-0.3, -0.25) is 0 Å². The lowest BCUT2D eigenvalue weighted by Gasteiger charge is -2.12. The molecule has 104 valence electrons. The van der Waals surface area contributed by atoms with Gasteiger partial charge in [-0.1, -0.05) is 24.3 Å². The van der Waals surface area contributed by atoms with Gasteiger partial charge in [-0.2, -0.15) is 0 Å². The summed E-state index contributed by atoms with van der Waals surface area (Å²) in [6, 6.07) is 12.7. The summed E-state index contributed by atoms with van der Waals surface area (Å²) in [6.07, 6.45) is 1.38. The number of hydrogen-bond acceptors (Lipinski definition) is 2. The van der Waals surface area contributed by atoms with Crippen LogP contribution in [0.2, 0.25) is 0 Å². The Kier molecular flexibility index (Phi) is 3.31. The van der Waals surface area contributed by atoms with E-state index >= 15 is 0 Å². The highest BCUT2D eigenvalue weighted by Crippen LogP contribution is 2.23. The second-order valence-corrected chi connectivity index (χ2v) is 6.66. The number of hydrogen-bond donors (Lipinski definition) is 1. The first-order valence-electron chi connectivity index (χ1n) is 6.39. The standard InChI is InChI=1S/C15H14FNO2S/c16-13-5-7-15(8-6-13)20(18,19)17-14-9-11-3-1-2-4-12(11)10-14/h1-8,14,17H,9-10H2. The fourth-order valence-electron chi connectivity index (χ4n) is 2.54. The third-order valence-corrected chi connectivity index (χ3v) is 5.03. The predicted molar refractivity (Wildman–Crippen MR) is 74.4 cm³/mol. The van der Waals surface area contributed by atoms with Gasteiger partial charge < -0.3 is 0 Å². The van der Waals surface area contributed by atoms with E-state index in [-0.39, 0.29) is 10.9 Å². The van der Waals surface area contributed by atoms with E-state index in [0.717, 1.165) is 12.1 Å². The molecule has 0 unspecified atom stereocenters. The molecule has 3 rings (SSSR count). The maximum absolute atomic E-state index is 12.8. The molecule has 0 aliphatic heterocycles. The topological polar surface area (TPSA) is 46.2 Å². The highest BCUT2D eigenvalue weighted by atomic mass is 32.2. The number of sulfonamides is 1. The fourth-order valence-corrected chi connectivity index (χ4v) is 3.78. The molecular weight excluding hydrogens is 277 g/mol. The molecule has 0 amide bonds. The molecule has 2 aromatic rings. The first-order valence-corrected chi connectivity index (χ1v) is 7.87. The summed E-state index contributed by atoms with van der Waals surface area (Å²) >= 11 is 0. The molecule has 0 bridgehead atoms. The van der Waals surface area contributed by atoms with Crippen molar-refractivity contribution in [1.29, 1.82) is 0 Å². The summed E-state index contributed by atoms with van der Waals surface area (Å²) in [5, 5.41) is 0. The summed E-state index contributed by atoms with van der Waals surface area (Å²) < 4.78 is 40.0. The first-order chi connectivity index (χ1) is 9.54. The van der Waals surface area contributed by atoms with Crippen molar-refractivity contribution in [2.24, 2.45) is 0 Å². The van der Waals surface area contributed by atoms with E-state index in [9.17, 15) is 12.8 Å². The molecule has 0 saturated carbocycles. The van der Waals surface area contributed by atoms with Crippen LogP contribution in [0, 0.1) is 5.82 Å². The fraction of sp³-hybridized carbons (Fsp3) is 0.200. The molecule has 0 radical (unpaired) electrons. The first kappa shape index (κ1) is 13.3. The van der Waals surface area contributed by atoms with E-state index in [1.807, 2.05) is 24.3 Å². The van der Waals surface area contributed by atoms with Gasteiger partial charge in [0.05, 0.1) is 4.90 Å². The second-order valence-electron chi connectivity index (χ2n) is 4.95. The lowest BCUT2D eigenvalue weighted by Crippen LogP contribution is -2.35. The highest BCUT2D eigenvalue weighted by molar-refractivity contribution is 7.89. The zero-order chi connectivity index (χ0) is 14.2. The lowest BCUT2D eigenvalue weighted by molar-refractivity contribution is 0.555. The minimum absolute atomic E-state index is 0.0925. The van der Waals surface area contributed by atoms with Gasteiger partial charge in [0.15, 0.2) is 0 Å². The van der Waals surface area contributed by atoms with Crippen LogP contribution in [0.25, 0.3) is 0 Å². The Hall–Kier alpha value is -1.72.